The zero-order valence-corrected chi connectivity index (χ0v) is 36.1. The lowest BCUT2D eigenvalue weighted by Crippen LogP contribution is -2.39. The number of amides is 1. The molecule has 1 amide bonds. The highest BCUT2D eigenvalue weighted by Crippen LogP contribution is 2.42. The van der Waals surface area contributed by atoms with Crippen molar-refractivity contribution in [3.8, 4) is 17.3 Å². The van der Waals surface area contributed by atoms with Crippen LogP contribution in [0.5, 0.6) is 11.6 Å². The van der Waals surface area contributed by atoms with Crippen molar-refractivity contribution in [3.63, 3.8) is 0 Å². The van der Waals surface area contributed by atoms with Crippen LogP contribution in [-0.2, 0) is 40.9 Å². The van der Waals surface area contributed by atoms with E-state index < -0.39 is 63.2 Å². The zero-order valence-electron chi connectivity index (χ0n) is 34.5. The molecule has 332 valence electrons. The summed E-state index contributed by atoms with van der Waals surface area (Å²) < 4.78 is 107. The molecule has 1 aliphatic rings. The van der Waals surface area contributed by atoms with Gasteiger partial charge < -0.3 is 19.5 Å². The van der Waals surface area contributed by atoms with Crippen LogP contribution in [0.3, 0.4) is 0 Å². The number of benzene rings is 4. The Morgan fingerprint density at radius 2 is 1.63 bits per heavy atom. The van der Waals surface area contributed by atoms with Gasteiger partial charge >= 0.3 is 6.09 Å². The third kappa shape index (κ3) is 10.6. The van der Waals surface area contributed by atoms with Gasteiger partial charge in [-0.25, -0.2) is 35.1 Å². The Morgan fingerprint density at radius 1 is 0.952 bits per heavy atom. The average molecular weight is 911 g/mol. The second-order valence-corrected chi connectivity index (χ2v) is 18.4. The minimum Gasteiger partial charge on any atom is -0.497 e. The lowest BCUT2D eigenvalue weighted by Gasteiger charge is -2.26. The molecule has 1 saturated carbocycles. The monoisotopic (exact) mass is 910 g/mol. The van der Waals surface area contributed by atoms with Crippen molar-refractivity contribution in [1.29, 1.82) is 0 Å². The molecule has 1 aliphatic carbocycles. The third-order valence-corrected chi connectivity index (χ3v) is 12.4. The van der Waals surface area contributed by atoms with Gasteiger partial charge in [0.1, 0.15) is 42.0 Å². The van der Waals surface area contributed by atoms with Gasteiger partial charge in [0.05, 0.1) is 52.6 Å². The van der Waals surface area contributed by atoms with Gasteiger partial charge in [-0.1, -0.05) is 54.1 Å². The summed E-state index contributed by atoms with van der Waals surface area (Å²) in [7, 11) is -2.69. The second kappa shape index (κ2) is 18.3. The molecule has 0 aliphatic heterocycles. The molecule has 4 aromatic carbocycles. The summed E-state index contributed by atoms with van der Waals surface area (Å²) >= 11 is 6.89. The van der Waals surface area contributed by atoms with Gasteiger partial charge in [0.25, 0.3) is 12.0 Å². The molecule has 0 spiro atoms. The van der Waals surface area contributed by atoms with Crippen molar-refractivity contribution in [1.82, 2.24) is 24.6 Å². The largest absolute Gasteiger partial charge is 0.497 e. The first-order valence-electron chi connectivity index (χ1n) is 19.8. The fraction of sp³-hybridized carbons (Fsp3) is 0.318. The number of hydrogen-bond acceptors (Lipinski definition) is 9. The molecule has 1 N–H and O–H groups in total. The Hall–Kier alpha value is -6.14. The molecule has 0 radical (unpaired) electrons. The normalized spacial score (nSPS) is 13.6. The fourth-order valence-electron chi connectivity index (χ4n) is 6.97. The van der Waals surface area contributed by atoms with Crippen molar-refractivity contribution in [2.75, 3.05) is 11.4 Å². The van der Waals surface area contributed by atoms with E-state index in [-0.39, 0.29) is 64.3 Å². The summed E-state index contributed by atoms with van der Waals surface area (Å²) in [6, 6.07) is 20.6. The van der Waals surface area contributed by atoms with Crippen LogP contribution in [0.15, 0.2) is 95.8 Å². The molecule has 0 saturated heterocycles. The first-order valence-corrected chi connectivity index (χ1v) is 21.7. The molecule has 19 heteroatoms. The molecule has 2 aromatic heterocycles. The number of alkyl halides is 2. The lowest BCUT2D eigenvalue weighted by molar-refractivity contribution is 0.0499. The van der Waals surface area contributed by atoms with Gasteiger partial charge in [0, 0.05) is 12.5 Å². The fourth-order valence-corrected chi connectivity index (χ4v) is 9.00. The Bertz CT molecular complexity index is 2780. The number of carbonyl (C=O) groups is 1. The Morgan fingerprint density at radius 3 is 2.25 bits per heavy atom. The Labute approximate surface area is 365 Å². The molecule has 6 aromatic rings. The summed E-state index contributed by atoms with van der Waals surface area (Å²) in [5.41, 5.74) is -0.929. The van der Waals surface area contributed by atoms with Gasteiger partial charge in [-0.15, -0.1) is 0 Å². The molecule has 1 unspecified atom stereocenters. The van der Waals surface area contributed by atoms with Crippen molar-refractivity contribution >= 4 is 44.4 Å². The van der Waals surface area contributed by atoms with Crippen LogP contribution in [0.1, 0.15) is 62.2 Å². The predicted octanol–water partition coefficient (Wildman–Crippen LogP) is 8.67. The molecule has 2 heterocycles. The molecule has 1 fully saturated rings. The maximum atomic E-state index is 14.7. The quantitative estimate of drug-likeness (QED) is 0.0943. The first kappa shape index (κ1) is 44.9. The Balaban J connectivity index is 1.48. The SMILES string of the molecule is COc1ccc(CN(c2nn(CC(F)F)c3c(-n4c(C(Cc5cc(F)cc(F)c5)NC(=O)OC(C)(C)C)nc(OCc5ccccc5)cc4=O)ccc(Cl)c23)S(=O)(=O)C2CC2)cc1. The van der Waals surface area contributed by atoms with Crippen molar-refractivity contribution in [2.45, 2.75) is 83.0 Å². The number of anilines is 1. The van der Waals surface area contributed by atoms with Crippen LogP contribution in [0.4, 0.5) is 28.2 Å². The molecule has 63 heavy (non-hydrogen) atoms. The molecular weight excluding hydrogens is 868 g/mol. The first-order chi connectivity index (χ1) is 29.9. The van der Waals surface area contributed by atoms with Crippen molar-refractivity contribution < 1.29 is 45.0 Å². The number of nitrogens with one attached hydrogen (secondary N) is 1. The number of halogens is 5. The molecular formula is C44H43ClF4N6O7S. The van der Waals surface area contributed by atoms with E-state index in [2.05, 4.69) is 15.4 Å². The smallest absolute Gasteiger partial charge is 0.408 e. The topological polar surface area (TPSA) is 147 Å². The van der Waals surface area contributed by atoms with Gasteiger partial charge in [-0.2, -0.15) is 10.1 Å². The molecule has 1 atom stereocenters. The highest BCUT2D eigenvalue weighted by Gasteiger charge is 2.42. The number of sulfonamides is 1. The van der Waals surface area contributed by atoms with Gasteiger partial charge in [-0.05, 0) is 86.7 Å². The molecule has 7 rings (SSSR count). The summed E-state index contributed by atoms with van der Waals surface area (Å²) in [5, 5.41) is 6.21. The lowest BCUT2D eigenvalue weighted by atomic mass is 10.0. The summed E-state index contributed by atoms with van der Waals surface area (Å²) in [6.45, 7) is 3.46. The van der Waals surface area contributed by atoms with E-state index in [0.717, 1.165) is 31.8 Å². The van der Waals surface area contributed by atoms with Crippen LogP contribution in [-0.4, -0.2) is 58.2 Å². The van der Waals surface area contributed by atoms with Crippen LogP contribution >= 0.6 is 11.6 Å². The number of rotatable bonds is 16. The number of carbonyl (C=O) groups excluding carboxylic acids is 1. The van der Waals surface area contributed by atoms with Crippen LogP contribution in [0, 0.1) is 11.6 Å². The van der Waals surface area contributed by atoms with E-state index in [0.29, 0.717) is 35.8 Å². The van der Waals surface area contributed by atoms with Crippen LogP contribution < -0.4 is 24.7 Å². The number of fused-ring (bicyclic) bond motifs is 1. The summed E-state index contributed by atoms with van der Waals surface area (Å²) in [4.78, 5) is 32.9. The van der Waals surface area contributed by atoms with E-state index in [9.17, 15) is 35.6 Å². The number of ether oxygens (including phenoxy) is 3. The van der Waals surface area contributed by atoms with E-state index >= 15 is 0 Å². The van der Waals surface area contributed by atoms with E-state index in [1.807, 2.05) is 0 Å². The predicted molar refractivity (Wildman–Crippen MR) is 228 cm³/mol. The third-order valence-electron chi connectivity index (χ3n) is 9.84. The number of nitrogens with zero attached hydrogens (tertiary/aromatic N) is 5. The van der Waals surface area contributed by atoms with E-state index in [4.69, 9.17) is 25.8 Å². The highest BCUT2D eigenvalue weighted by atomic mass is 35.5. The van der Waals surface area contributed by atoms with Gasteiger partial charge in [0.2, 0.25) is 15.9 Å². The molecule has 13 nitrogen and oxygen atoms in total. The van der Waals surface area contributed by atoms with Crippen molar-refractivity contribution in [3.05, 3.63) is 141 Å². The van der Waals surface area contributed by atoms with Gasteiger partial charge in [-0.3, -0.25) is 14.0 Å². The number of aromatic nitrogens is 4. The number of alkyl carbamates (subject to hydrolysis) is 1. The summed E-state index contributed by atoms with van der Waals surface area (Å²) in [5.74, 6) is -2.10. The minimum atomic E-state index is -4.17. The maximum Gasteiger partial charge on any atom is 0.408 e. The molecule has 0 bridgehead atoms. The van der Waals surface area contributed by atoms with Crippen molar-refractivity contribution in [2.24, 2.45) is 0 Å². The van der Waals surface area contributed by atoms with Gasteiger partial charge in [0.15, 0.2) is 5.82 Å². The van der Waals surface area contributed by atoms with Crippen LogP contribution in [0.2, 0.25) is 5.02 Å². The maximum absolute atomic E-state index is 14.7. The minimum absolute atomic E-state index is 0.0377. The standard InChI is InChI=1S/C44H43ClF4N6O7S/c1-44(2,3)62-43(57)50-34(20-28-18-29(46)21-30(47)19-28)41-51-37(61-25-27-8-6-5-7-9-27)22-38(56)55(41)35-17-16-33(45)39-40(35)53(24-36(48)49)52-42(39)54(63(58,59)32-14-15-32)23-26-10-12-31(60-4)13-11-26/h5-13,16-19,21-22,32,34,36H,14-15,20,23-25H2,1-4H3,(H,50,57). The highest BCUT2D eigenvalue weighted by molar-refractivity contribution is 7.93. The van der Waals surface area contributed by atoms with E-state index in [1.54, 1.807) is 75.4 Å². The number of hydrogen-bond donors (Lipinski definition) is 1. The van der Waals surface area contributed by atoms with Crippen LogP contribution in [0.25, 0.3) is 16.6 Å². The average Bonchev–Trinajstić information content (AvgIpc) is 4.01. The zero-order chi connectivity index (χ0) is 45.2. The summed E-state index contributed by atoms with van der Waals surface area (Å²) in [6.07, 6.45) is -3.68. The Kier molecular flexibility index (Phi) is 13.0. The number of methoxy groups -OCH3 is 1. The second-order valence-electron chi connectivity index (χ2n) is 15.9. The van der Waals surface area contributed by atoms with E-state index in [1.165, 1.54) is 19.2 Å².